The summed E-state index contributed by atoms with van der Waals surface area (Å²) in [5.74, 6) is 1.62. The molecular formula is C21H33FN4OS. The molecule has 0 bridgehead atoms. The van der Waals surface area contributed by atoms with E-state index in [0.717, 1.165) is 49.1 Å². The number of carbonyl (C=O) groups is 1. The number of benzene rings is 1. The summed E-state index contributed by atoms with van der Waals surface area (Å²) in [5.41, 5.74) is 2.00. The van der Waals surface area contributed by atoms with Crippen LogP contribution < -0.4 is 16.0 Å². The van der Waals surface area contributed by atoms with E-state index in [0.29, 0.717) is 25.6 Å². The number of hydrogen-bond donors (Lipinski definition) is 3. The lowest BCUT2D eigenvalue weighted by Crippen LogP contribution is -2.42. The predicted molar refractivity (Wildman–Crippen MR) is 116 cm³/mol. The number of nitrogens with zero attached hydrogens (tertiary/aromatic N) is 1. The van der Waals surface area contributed by atoms with Crippen LogP contribution in [0.5, 0.6) is 0 Å². The molecule has 28 heavy (non-hydrogen) atoms. The third-order valence-electron chi connectivity index (χ3n) is 4.91. The van der Waals surface area contributed by atoms with Crippen molar-refractivity contribution in [2.75, 3.05) is 25.9 Å². The number of rotatable bonds is 9. The zero-order valence-corrected chi connectivity index (χ0v) is 17.8. The Bertz CT molecular complexity index is 647. The molecule has 0 atom stereocenters. The summed E-state index contributed by atoms with van der Waals surface area (Å²) in [6, 6.07) is 4.87. The van der Waals surface area contributed by atoms with Crippen LogP contribution in [0.25, 0.3) is 0 Å². The first-order valence-corrected chi connectivity index (χ1v) is 11.6. The van der Waals surface area contributed by atoms with Crippen molar-refractivity contribution in [1.82, 2.24) is 16.0 Å². The summed E-state index contributed by atoms with van der Waals surface area (Å²) in [5, 5.41) is 9.50. The maximum absolute atomic E-state index is 13.5. The van der Waals surface area contributed by atoms with Crippen LogP contribution in [0.1, 0.15) is 50.2 Å². The van der Waals surface area contributed by atoms with Gasteiger partial charge in [0.2, 0.25) is 5.91 Å². The minimum Gasteiger partial charge on any atom is -0.357 e. The van der Waals surface area contributed by atoms with Gasteiger partial charge in [0.05, 0.1) is 6.54 Å². The maximum Gasteiger partial charge on any atom is 0.223 e. The number of halogens is 1. The quantitative estimate of drug-likeness (QED) is 0.333. The monoisotopic (exact) mass is 408 g/mol. The van der Waals surface area contributed by atoms with Crippen molar-refractivity contribution >= 4 is 23.6 Å². The van der Waals surface area contributed by atoms with Crippen LogP contribution >= 0.6 is 11.8 Å². The smallest absolute Gasteiger partial charge is 0.223 e. The second-order valence-electron chi connectivity index (χ2n) is 7.09. The maximum atomic E-state index is 13.5. The highest BCUT2D eigenvalue weighted by atomic mass is 32.2. The minimum absolute atomic E-state index is 0.177. The molecule has 0 radical (unpaired) electrons. The van der Waals surface area contributed by atoms with E-state index in [4.69, 9.17) is 0 Å². The molecule has 1 aliphatic rings. The summed E-state index contributed by atoms with van der Waals surface area (Å²) in [7, 11) is 0. The SMILES string of the molecule is CCNC(=NCc1ccc(F)cc1CSC)NCCNC(=O)C1CCCCC1. The average molecular weight is 409 g/mol. The molecule has 1 aromatic carbocycles. The molecule has 0 spiro atoms. The predicted octanol–water partition coefficient (Wildman–Crippen LogP) is 3.44. The Kier molecular flexibility index (Phi) is 10.2. The minimum atomic E-state index is -0.212. The standard InChI is InChI=1S/C21H33FN4OS/c1-3-23-21(25-12-11-24-20(27)16-7-5-4-6-8-16)26-14-17-9-10-19(22)13-18(17)15-28-2/h9-10,13,16H,3-8,11-12,14-15H2,1-2H3,(H,24,27)(H2,23,25,26). The number of nitrogens with one attached hydrogen (secondary N) is 3. The second-order valence-corrected chi connectivity index (χ2v) is 7.96. The van der Waals surface area contributed by atoms with E-state index >= 15 is 0 Å². The first-order valence-electron chi connectivity index (χ1n) is 10.2. The van der Waals surface area contributed by atoms with Crippen molar-refractivity contribution in [3.63, 3.8) is 0 Å². The lowest BCUT2D eigenvalue weighted by Gasteiger charge is -2.21. The van der Waals surface area contributed by atoms with E-state index in [2.05, 4.69) is 20.9 Å². The van der Waals surface area contributed by atoms with Gasteiger partial charge in [0.15, 0.2) is 5.96 Å². The highest BCUT2D eigenvalue weighted by Crippen LogP contribution is 2.23. The molecule has 0 aromatic heterocycles. The fraction of sp³-hybridized carbons (Fsp3) is 0.619. The number of thioether (sulfide) groups is 1. The molecule has 156 valence electrons. The molecule has 0 saturated heterocycles. The van der Waals surface area contributed by atoms with Gasteiger partial charge in [-0.25, -0.2) is 9.38 Å². The van der Waals surface area contributed by atoms with Gasteiger partial charge < -0.3 is 16.0 Å². The molecule has 1 fully saturated rings. The van der Waals surface area contributed by atoms with Crippen molar-refractivity contribution in [2.24, 2.45) is 10.9 Å². The van der Waals surface area contributed by atoms with E-state index < -0.39 is 0 Å². The van der Waals surface area contributed by atoms with E-state index in [9.17, 15) is 9.18 Å². The van der Waals surface area contributed by atoms with Crippen molar-refractivity contribution in [1.29, 1.82) is 0 Å². The Labute approximate surface area is 172 Å². The number of carbonyl (C=O) groups excluding carboxylic acids is 1. The highest BCUT2D eigenvalue weighted by molar-refractivity contribution is 7.97. The van der Waals surface area contributed by atoms with Gasteiger partial charge in [-0.1, -0.05) is 25.3 Å². The fourth-order valence-corrected chi connectivity index (χ4v) is 4.00. The Hall–Kier alpha value is -1.76. The van der Waals surface area contributed by atoms with Crippen LogP contribution in [0.15, 0.2) is 23.2 Å². The van der Waals surface area contributed by atoms with E-state index in [1.54, 1.807) is 23.9 Å². The molecule has 2 rings (SSSR count). The Morgan fingerprint density at radius 1 is 1.14 bits per heavy atom. The number of amides is 1. The summed E-state index contributed by atoms with van der Waals surface area (Å²) in [6.45, 7) is 4.44. The summed E-state index contributed by atoms with van der Waals surface area (Å²) >= 11 is 1.67. The molecule has 0 aliphatic heterocycles. The van der Waals surface area contributed by atoms with Crippen molar-refractivity contribution in [3.8, 4) is 0 Å². The number of aliphatic imine (C=N–C) groups is 1. The van der Waals surface area contributed by atoms with Crippen LogP contribution in [0.3, 0.4) is 0 Å². The molecule has 5 nitrogen and oxygen atoms in total. The summed E-state index contributed by atoms with van der Waals surface area (Å²) < 4.78 is 13.5. The average Bonchev–Trinajstić information content (AvgIpc) is 2.71. The topological polar surface area (TPSA) is 65.5 Å². The molecule has 3 N–H and O–H groups in total. The largest absolute Gasteiger partial charge is 0.357 e. The van der Waals surface area contributed by atoms with E-state index in [1.807, 2.05) is 13.2 Å². The van der Waals surface area contributed by atoms with Gasteiger partial charge in [0.25, 0.3) is 0 Å². The first-order chi connectivity index (χ1) is 13.6. The van der Waals surface area contributed by atoms with Gasteiger partial charge >= 0.3 is 0 Å². The summed E-state index contributed by atoms with van der Waals surface area (Å²) in [6.07, 6.45) is 7.61. The van der Waals surface area contributed by atoms with E-state index in [1.165, 1.54) is 12.5 Å². The molecule has 7 heteroatoms. The van der Waals surface area contributed by atoms with Crippen LogP contribution in [0, 0.1) is 11.7 Å². The normalized spacial score (nSPS) is 15.3. The Balaban J connectivity index is 1.82. The van der Waals surface area contributed by atoms with Crippen molar-refractivity contribution < 1.29 is 9.18 Å². The zero-order chi connectivity index (χ0) is 20.2. The number of hydrogen-bond acceptors (Lipinski definition) is 3. The van der Waals surface area contributed by atoms with Crippen LogP contribution in [0.2, 0.25) is 0 Å². The Morgan fingerprint density at radius 2 is 1.89 bits per heavy atom. The van der Waals surface area contributed by atoms with Gasteiger partial charge in [0.1, 0.15) is 5.82 Å². The number of guanidine groups is 1. The van der Waals surface area contributed by atoms with Crippen LogP contribution in [-0.4, -0.2) is 37.8 Å². The third-order valence-corrected chi connectivity index (χ3v) is 5.51. The molecule has 1 amide bonds. The molecule has 1 aromatic rings. The molecule has 0 unspecified atom stereocenters. The summed E-state index contributed by atoms with van der Waals surface area (Å²) in [4.78, 5) is 16.8. The van der Waals surface area contributed by atoms with Gasteiger partial charge in [-0.2, -0.15) is 11.8 Å². The van der Waals surface area contributed by atoms with Gasteiger partial charge in [-0.3, -0.25) is 4.79 Å². The van der Waals surface area contributed by atoms with Crippen molar-refractivity contribution in [3.05, 3.63) is 35.1 Å². The lowest BCUT2D eigenvalue weighted by molar-refractivity contribution is -0.125. The van der Waals surface area contributed by atoms with Gasteiger partial charge in [-0.15, -0.1) is 0 Å². The van der Waals surface area contributed by atoms with Gasteiger partial charge in [-0.05, 0) is 49.3 Å². The zero-order valence-electron chi connectivity index (χ0n) is 17.0. The van der Waals surface area contributed by atoms with Crippen LogP contribution in [-0.2, 0) is 17.1 Å². The molecular weight excluding hydrogens is 375 g/mol. The van der Waals surface area contributed by atoms with Gasteiger partial charge in [0, 0.05) is 31.3 Å². The molecule has 1 aliphatic carbocycles. The van der Waals surface area contributed by atoms with Crippen molar-refractivity contribution in [2.45, 2.75) is 51.3 Å². The first kappa shape index (κ1) is 22.5. The highest BCUT2D eigenvalue weighted by Gasteiger charge is 2.20. The van der Waals surface area contributed by atoms with E-state index in [-0.39, 0.29) is 17.6 Å². The Morgan fingerprint density at radius 3 is 2.61 bits per heavy atom. The fourth-order valence-electron chi connectivity index (χ4n) is 3.42. The van der Waals surface area contributed by atoms with Crippen LogP contribution in [0.4, 0.5) is 4.39 Å². The second kappa shape index (κ2) is 12.6. The lowest BCUT2D eigenvalue weighted by atomic mass is 9.89. The molecule has 1 saturated carbocycles. The third kappa shape index (κ3) is 7.70. The molecule has 0 heterocycles.